The van der Waals surface area contributed by atoms with Crippen LogP contribution < -0.4 is 37.5 Å². The fourth-order valence-electron chi connectivity index (χ4n) is 10.4. The molecule has 0 unspecified atom stereocenters. The monoisotopic (exact) mass is 671 g/mol. The molecule has 244 valence electrons. The molecule has 9 aromatic rings. The van der Waals surface area contributed by atoms with Gasteiger partial charge in [-0.25, -0.2) is 0 Å². The van der Waals surface area contributed by atoms with Crippen LogP contribution in [-0.2, 0) is 5.41 Å². The number of para-hydroxylation sites is 3. The maximum Gasteiger partial charge on any atom is 0.251 e. The average Bonchev–Trinajstić information content (AvgIpc) is 3.56. The van der Waals surface area contributed by atoms with Gasteiger partial charge < -0.3 is 9.30 Å². The van der Waals surface area contributed by atoms with Crippen LogP contribution in [0.3, 0.4) is 0 Å². The van der Waals surface area contributed by atoms with Gasteiger partial charge in [-0.2, -0.15) is 0 Å². The normalized spacial score (nSPS) is 14.3. The highest BCUT2D eigenvalue weighted by atomic mass is 16.5. The lowest BCUT2D eigenvalue weighted by atomic mass is 9.26. The van der Waals surface area contributed by atoms with Gasteiger partial charge in [-0.15, -0.1) is 0 Å². The SMILES string of the molecule is c1ccc(-n2c3ccccc3c3cc(B4c5ccccc5C5(c6ccccc64)c4ccccc4B4c6ccccc6Oc6cccc5c64)ccc32)cc1. The Hall–Kier alpha value is -6.51. The second-order valence-corrected chi connectivity index (χ2v) is 14.7. The van der Waals surface area contributed by atoms with E-state index in [1.54, 1.807) is 0 Å². The minimum Gasteiger partial charge on any atom is -0.458 e. The minimum atomic E-state index is -0.523. The Morgan fingerprint density at radius 3 is 1.68 bits per heavy atom. The van der Waals surface area contributed by atoms with Gasteiger partial charge in [-0.05, 0) is 69.6 Å². The standard InChI is InChI=1S/C49H31B2NO/c1-2-15-33(16-3-1)52-44-26-12-4-17-34(44)35-31-32(29-30-45(35)52)50-40-22-8-5-18-36(40)49(37-19-6-9-23-41(37)50)38-20-7-10-24-42(38)51-43-25-11-13-27-46(43)53-47-28-14-21-39(49)48(47)51/h1-31H. The van der Waals surface area contributed by atoms with Crippen LogP contribution in [0.2, 0.25) is 0 Å². The highest BCUT2D eigenvalue weighted by Gasteiger charge is 2.54. The average molecular weight is 671 g/mol. The fraction of sp³-hybridized carbons (Fsp3) is 0.0204. The number of nitrogens with zero attached hydrogens (tertiary/aromatic N) is 1. The first kappa shape index (κ1) is 29.1. The molecule has 12 rings (SSSR count). The maximum atomic E-state index is 6.75. The van der Waals surface area contributed by atoms with E-state index in [4.69, 9.17) is 4.74 Å². The lowest BCUT2D eigenvalue weighted by Crippen LogP contribution is -2.68. The van der Waals surface area contributed by atoms with E-state index in [1.165, 1.54) is 82.5 Å². The van der Waals surface area contributed by atoms with Crippen LogP contribution in [0.4, 0.5) is 0 Å². The third kappa shape index (κ3) is 3.75. The van der Waals surface area contributed by atoms with E-state index >= 15 is 0 Å². The van der Waals surface area contributed by atoms with E-state index in [1.807, 2.05) is 0 Å². The third-order valence-corrected chi connectivity index (χ3v) is 12.3. The number of hydrogen-bond donors (Lipinski definition) is 0. The van der Waals surface area contributed by atoms with Gasteiger partial charge in [0.1, 0.15) is 11.5 Å². The van der Waals surface area contributed by atoms with Gasteiger partial charge in [0.05, 0.1) is 16.4 Å². The molecule has 2 nitrogen and oxygen atoms in total. The Morgan fingerprint density at radius 2 is 0.943 bits per heavy atom. The number of ether oxygens (including phenoxy) is 1. The van der Waals surface area contributed by atoms with E-state index in [0.29, 0.717) is 0 Å². The van der Waals surface area contributed by atoms with E-state index in [0.717, 1.165) is 11.5 Å². The van der Waals surface area contributed by atoms with Crippen LogP contribution in [0.5, 0.6) is 11.5 Å². The second kappa shape index (κ2) is 10.8. The molecule has 1 spiro atoms. The number of rotatable bonds is 2. The molecule has 8 aromatic carbocycles. The lowest BCUT2D eigenvalue weighted by molar-refractivity contribution is 0.486. The molecule has 0 amide bonds. The molecule has 0 atom stereocenters. The summed E-state index contributed by atoms with van der Waals surface area (Å²) >= 11 is 0. The highest BCUT2D eigenvalue weighted by Crippen LogP contribution is 2.48. The Balaban J connectivity index is 1.15. The zero-order valence-electron chi connectivity index (χ0n) is 28.9. The van der Waals surface area contributed by atoms with Gasteiger partial charge >= 0.3 is 0 Å². The molecular formula is C49H31B2NO. The van der Waals surface area contributed by atoms with Gasteiger partial charge in [-0.3, -0.25) is 0 Å². The van der Waals surface area contributed by atoms with Gasteiger partial charge in [0.2, 0.25) is 6.71 Å². The number of hydrogen-bond acceptors (Lipinski definition) is 1. The Kier molecular flexibility index (Phi) is 5.91. The molecule has 0 saturated carbocycles. The second-order valence-electron chi connectivity index (χ2n) is 14.7. The summed E-state index contributed by atoms with van der Waals surface area (Å²) in [5.74, 6) is 1.90. The number of aromatic nitrogens is 1. The van der Waals surface area contributed by atoms with Gasteiger partial charge in [-0.1, -0.05) is 174 Å². The zero-order chi connectivity index (χ0) is 34.7. The van der Waals surface area contributed by atoms with E-state index in [9.17, 15) is 0 Å². The van der Waals surface area contributed by atoms with Crippen LogP contribution in [0, 0.1) is 0 Å². The molecule has 53 heavy (non-hydrogen) atoms. The minimum absolute atomic E-state index is 0.0534. The summed E-state index contributed by atoms with van der Waals surface area (Å²) in [7, 11) is 0. The van der Waals surface area contributed by atoms with Crippen molar-refractivity contribution in [1.29, 1.82) is 0 Å². The summed E-state index contributed by atoms with van der Waals surface area (Å²) in [6, 6.07) is 69.7. The third-order valence-electron chi connectivity index (χ3n) is 12.3. The van der Waals surface area contributed by atoms with E-state index in [2.05, 4.69) is 193 Å². The van der Waals surface area contributed by atoms with Crippen LogP contribution in [0.1, 0.15) is 22.3 Å². The molecule has 0 N–H and O–H groups in total. The van der Waals surface area contributed by atoms with Gasteiger partial charge in [0.25, 0.3) is 6.71 Å². The Bertz CT molecular complexity index is 2920. The molecular weight excluding hydrogens is 640 g/mol. The van der Waals surface area contributed by atoms with Crippen molar-refractivity contribution in [1.82, 2.24) is 4.57 Å². The van der Waals surface area contributed by atoms with Crippen molar-refractivity contribution in [3.63, 3.8) is 0 Å². The molecule has 0 fully saturated rings. The molecule has 3 aliphatic heterocycles. The summed E-state index contributed by atoms with van der Waals surface area (Å²) in [6.45, 7) is 0.145. The Morgan fingerprint density at radius 1 is 0.396 bits per heavy atom. The molecule has 0 bridgehead atoms. The van der Waals surface area contributed by atoms with Crippen molar-refractivity contribution in [2.75, 3.05) is 0 Å². The largest absolute Gasteiger partial charge is 0.458 e. The summed E-state index contributed by atoms with van der Waals surface area (Å²) in [6.07, 6.45) is 0. The van der Waals surface area contributed by atoms with Crippen molar-refractivity contribution >= 4 is 68.0 Å². The summed E-state index contributed by atoms with van der Waals surface area (Å²) in [5.41, 5.74) is 16.3. The molecule has 1 aromatic heterocycles. The quantitative estimate of drug-likeness (QED) is 0.182. The van der Waals surface area contributed by atoms with Gasteiger partial charge in [0.15, 0.2) is 0 Å². The predicted octanol–water partition coefficient (Wildman–Crippen LogP) is 6.93. The number of benzene rings is 8. The van der Waals surface area contributed by atoms with Crippen LogP contribution in [0.25, 0.3) is 27.5 Å². The summed E-state index contributed by atoms with van der Waals surface area (Å²) in [4.78, 5) is 0. The predicted molar refractivity (Wildman–Crippen MR) is 221 cm³/mol. The van der Waals surface area contributed by atoms with Crippen molar-refractivity contribution < 1.29 is 4.74 Å². The molecule has 4 heteroatoms. The van der Waals surface area contributed by atoms with Crippen molar-refractivity contribution in [2.45, 2.75) is 5.41 Å². The molecule has 0 aliphatic carbocycles. The van der Waals surface area contributed by atoms with Crippen molar-refractivity contribution in [2.24, 2.45) is 0 Å². The zero-order valence-corrected chi connectivity index (χ0v) is 28.9. The molecule has 4 heterocycles. The van der Waals surface area contributed by atoms with Gasteiger partial charge in [0, 0.05) is 16.5 Å². The first-order valence-electron chi connectivity index (χ1n) is 18.6. The Labute approximate surface area is 309 Å². The molecule has 0 saturated heterocycles. The van der Waals surface area contributed by atoms with E-state index < -0.39 is 5.41 Å². The van der Waals surface area contributed by atoms with Crippen molar-refractivity contribution in [3.8, 4) is 17.2 Å². The topological polar surface area (TPSA) is 14.2 Å². The van der Waals surface area contributed by atoms with Crippen LogP contribution in [-0.4, -0.2) is 18.0 Å². The first-order valence-corrected chi connectivity index (χ1v) is 18.6. The van der Waals surface area contributed by atoms with Crippen LogP contribution in [0.15, 0.2) is 188 Å². The maximum absolute atomic E-state index is 6.75. The molecule has 0 radical (unpaired) electrons. The lowest BCUT2D eigenvalue weighted by Gasteiger charge is -2.50. The first-order chi connectivity index (χ1) is 26.3. The summed E-state index contributed by atoms with van der Waals surface area (Å²) < 4.78 is 9.15. The van der Waals surface area contributed by atoms with Crippen LogP contribution >= 0.6 is 0 Å². The highest BCUT2D eigenvalue weighted by molar-refractivity contribution is 6.99. The van der Waals surface area contributed by atoms with Crippen molar-refractivity contribution in [3.05, 3.63) is 210 Å². The summed E-state index contributed by atoms with van der Waals surface area (Å²) in [5, 5.41) is 2.54. The number of fused-ring (bicyclic) bond motifs is 13. The van der Waals surface area contributed by atoms with E-state index in [-0.39, 0.29) is 13.4 Å². The smallest absolute Gasteiger partial charge is 0.251 e. The fourth-order valence-corrected chi connectivity index (χ4v) is 10.4. The molecule has 3 aliphatic rings.